The Morgan fingerprint density at radius 2 is 0.972 bits per heavy atom. The summed E-state index contributed by atoms with van der Waals surface area (Å²) in [5.74, 6) is 0. The molecule has 0 atom stereocenters. The molecule has 0 bridgehead atoms. The smallest absolute Gasteiger partial charge is 0.0984 e. The Labute approximate surface area is 213 Å². The first-order valence-corrected chi connectivity index (χ1v) is 12.5. The van der Waals surface area contributed by atoms with Gasteiger partial charge in [-0.2, -0.15) is 5.10 Å². The first-order chi connectivity index (χ1) is 17.8. The van der Waals surface area contributed by atoms with E-state index in [0.717, 1.165) is 29.8 Å². The second kappa shape index (κ2) is 9.67. The van der Waals surface area contributed by atoms with Gasteiger partial charge in [-0.05, 0) is 28.8 Å². The minimum absolute atomic E-state index is 0.404. The van der Waals surface area contributed by atoms with Crippen molar-refractivity contribution in [2.75, 3.05) is 5.01 Å². The molecule has 5 aromatic carbocycles. The van der Waals surface area contributed by atoms with Crippen LogP contribution in [-0.4, -0.2) is 5.71 Å². The summed E-state index contributed by atoms with van der Waals surface area (Å²) in [6.07, 6.45) is 1.67. The Morgan fingerprint density at radius 3 is 1.56 bits per heavy atom. The van der Waals surface area contributed by atoms with E-state index in [1.807, 2.05) is 0 Å². The van der Waals surface area contributed by atoms with Crippen LogP contribution in [0.4, 0.5) is 5.69 Å². The van der Waals surface area contributed by atoms with Crippen molar-refractivity contribution in [3.05, 3.63) is 173 Å². The van der Waals surface area contributed by atoms with Crippen LogP contribution in [-0.2, 0) is 18.4 Å². The maximum absolute atomic E-state index is 5.46. The predicted molar refractivity (Wildman–Crippen MR) is 149 cm³/mol. The molecule has 0 radical (unpaired) electrons. The third-order valence-electron chi connectivity index (χ3n) is 7.02. The van der Waals surface area contributed by atoms with Crippen LogP contribution in [0, 0.1) is 0 Å². The Morgan fingerprint density at radius 1 is 0.500 bits per heavy atom. The minimum Gasteiger partial charge on any atom is -0.254 e. The van der Waals surface area contributed by atoms with E-state index < -0.39 is 5.54 Å². The van der Waals surface area contributed by atoms with Gasteiger partial charge in [-0.15, -0.1) is 0 Å². The molecular weight excluding hydrogens is 436 g/mol. The summed E-state index contributed by atoms with van der Waals surface area (Å²) in [5, 5.41) is 7.75. The predicted octanol–water partition coefficient (Wildman–Crippen LogP) is 7.64. The Bertz CT molecular complexity index is 1420. The van der Waals surface area contributed by atoms with Crippen molar-refractivity contribution >= 4 is 11.4 Å². The van der Waals surface area contributed by atoms with Crippen LogP contribution in [0.3, 0.4) is 0 Å². The van der Waals surface area contributed by atoms with Crippen molar-refractivity contribution in [1.29, 1.82) is 0 Å². The highest BCUT2D eigenvalue weighted by molar-refractivity contribution is 6.15. The topological polar surface area (TPSA) is 15.6 Å². The van der Waals surface area contributed by atoms with Crippen molar-refractivity contribution < 1.29 is 0 Å². The zero-order valence-electron chi connectivity index (χ0n) is 20.2. The molecule has 0 aliphatic carbocycles. The lowest BCUT2D eigenvalue weighted by molar-refractivity contribution is 0.390. The molecule has 5 aromatic rings. The number of hydrazone groups is 1. The largest absolute Gasteiger partial charge is 0.254 e. The van der Waals surface area contributed by atoms with Crippen molar-refractivity contribution in [2.24, 2.45) is 5.10 Å². The van der Waals surface area contributed by atoms with Gasteiger partial charge in [-0.25, -0.2) is 0 Å². The number of hydrogen-bond acceptors (Lipinski definition) is 2. The summed E-state index contributed by atoms with van der Waals surface area (Å²) < 4.78 is 0. The quantitative estimate of drug-likeness (QED) is 0.252. The summed E-state index contributed by atoms with van der Waals surface area (Å²) in [6.45, 7) is 0. The summed E-state index contributed by atoms with van der Waals surface area (Å²) in [5.41, 5.74) is 7.90. The van der Waals surface area contributed by atoms with Crippen LogP contribution >= 0.6 is 0 Å². The van der Waals surface area contributed by atoms with Gasteiger partial charge in [0.1, 0.15) is 0 Å². The van der Waals surface area contributed by atoms with E-state index in [2.05, 4.69) is 151 Å². The van der Waals surface area contributed by atoms with E-state index in [1.54, 1.807) is 0 Å². The maximum Gasteiger partial charge on any atom is 0.0984 e. The van der Waals surface area contributed by atoms with Crippen molar-refractivity contribution in [2.45, 2.75) is 18.4 Å². The molecule has 0 unspecified atom stereocenters. The van der Waals surface area contributed by atoms with Gasteiger partial charge >= 0.3 is 0 Å². The third-order valence-corrected chi connectivity index (χ3v) is 7.02. The van der Waals surface area contributed by atoms with Gasteiger partial charge in [0.2, 0.25) is 0 Å². The Balaban J connectivity index is 1.64. The third kappa shape index (κ3) is 4.12. The fourth-order valence-corrected chi connectivity index (χ4v) is 5.41. The molecule has 0 amide bonds. The monoisotopic (exact) mass is 464 g/mol. The molecular formula is C34H28N2. The first-order valence-electron chi connectivity index (χ1n) is 12.5. The number of anilines is 1. The van der Waals surface area contributed by atoms with Crippen LogP contribution in [0.1, 0.15) is 27.8 Å². The van der Waals surface area contributed by atoms with Gasteiger partial charge in [-0.3, -0.25) is 5.01 Å². The lowest BCUT2D eigenvalue weighted by atomic mass is 9.74. The molecule has 1 heterocycles. The molecule has 1 aliphatic rings. The number of rotatable bonds is 6. The molecule has 6 rings (SSSR count). The van der Waals surface area contributed by atoms with Gasteiger partial charge in [0.05, 0.1) is 16.9 Å². The Hall–Kier alpha value is -4.43. The van der Waals surface area contributed by atoms with Gasteiger partial charge < -0.3 is 0 Å². The molecule has 174 valence electrons. The van der Waals surface area contributed by atoms with Crippen LogP contribution in [0.25, 0.3) is 0 Å². The SMILES string of the molecule is c1ccc(CC2(Cc3ccccc3)c3ccccc3C(c3ccccc3)=NN2c2ccccc2)cc1. The molecule has 2 nitrogen and oxygen atoms in total. The summed E-state index contributed by atoms with van der Waals surface area (Å²) >= 11 is 0. The Kier molecular flexibility index (Phi) is 5.93. The zero-order valence-corrected chi connectivity index (χ0v) is 20.2. The van der Waals surface area contributed by atoms with E-state index in [9.17, 15) is 0 Å². The number of para-hydroxylation sites is 1. The first kappa shape index (κ1) is 22.1. The van der Waals surface area contributed by atoms with Gasteiger partial charge in [0.25, 0.3) is 0 Å². The van der Waals surface area contributed by atoms with Gasteiger partial charge in [0.15, 0.2) is 0 Å². The average molecular weight is 465 g/mol. The van der Waals surface area contributed by atoms with Crippen LogP contribution in [0.2, 0.25) is 0 Å². The highest BCUT2D eigenvalue weighted by Gasteiger charge is 2.44. The lowest BCUT2D eigenvalue weighted by Gasteiger charge is -2.47. The van der Waals surface area contributed by atoms with E-state index in [0.29, 0.717) is 0 Å². The minimum atomic E-state index is -0.404. The van der Waals surface area contributed by atoms with E-state index in [1.165, 1.54) is 22.3 Å². The molecule has 0 saturated heterocycles. The van der Waals surface area contributed by atoms with E-state index >= 15 is 0 Å². The second-order valence-corrected chi connectivity index (χ2v) is 9.36. The fraction of sp³-hybridized carbons (Fsp3) is 0.0882. The zero-order chi connectivity index (χ0) is 24.2. The lowest BCUT2D eigenvalue weighted by Crippen LogP contribution is -2.51. The number of hydrogen-bond donors (Lipinski definition) is 0. The average Bonchev–Trinajstić information content (AvgIpc) is 2.95. The highest BCUT2D eigenvalue weighted by Crippen LogP contribution is 2.44. The van der Waals surface area contributed by atoms with Crippen LogP contribution < -0.4 is 5.01 Å². The molecule has 36 heavy (non-hydrogen) atoms. The van der Waals surface area contributed by atoms with E-state index in [4.69, 9.17) is 5.10 Å². The number of fused-ring (bicyclic) bond motifs is 1. The normalized spacial score (nSPS) is 14.1. The van der Waals surface area contributed by atoms with Crippen LogP contribution in [0.15, 0.2) is 151 Å². The molecule has 0 aromatic heterocycles. The molecule has 0 N–H and O–H groups in total. The summed E-state index contributed by atoms with van der Waals surface area (Å²) in [7, 11) is 0. The summed E-state index contributed by atoms with van der Waals surface area (Å²) in [4.78, 5) is 0. The second-order valence-electron chi connectivity index (χ2n) is 9.36. The van der Waals surface area contributed by atoms with Crippen molar-refractivity contribution in [1.82, 2.24) is 0 Å². The van der Waals surface area contributed by atoms with Crippen LogP contribution in [0.5, 0.6) is 0 Å². The molecule has 0 spiro atoms. The van der Waals surface area contributed by atoms with Crippen molar-refractivity contribution in [3.8, 4) is 0 Å². The molecule has 2 heteroatoms. The highest BCUT2D eigenvalue weighted by atomic mass is 15.5. The van der Waals surface area contributed by atoms with E-state index in [-0.39, 0.29) is 0 Å². The number of benzene rings is 5. The summed E-state index contributed by atoms with van der Waals surface area (Å²) in [6, 6.07) is 51.6. The molecule has 0 saturated carbocycles. The molecule has 1 aliphatic heterocycles. The number of nitrogens with zero attached hydrogens (tertiary/aromatic N) is 2. The van der Waals surface area contributed by atoms with Crippen molar-refractivity contribution in [3.63, 3.8) is 0 Å². The molecule has 0 fully saturated rings. The maximum atomic E-state index is 5.46. The van der Waals surface area contributed by atoms with Gasteiger partial charge in [-0.1, -0.05) is 133 Å². The fourth-order valence-electron chi connectivity index (χ4n) is 5.41. The van der Waals surface area contributed by atoms with Gasteiger partial charge in [0, 0.05) is 24.0 Å². The standard InChI is InChI=1S/C34H28N2/c1-5-15-27(16-6-1)25-34(26-28-17-7-2-8-18-28)32-24-14-13-23-31(32)33(29-19-9-3-10-20-29)35-36(34)30-21-11-4-12-22-30/h1-24H,25-26H2.